The quantitative estimate of drug-likeness (QED) is 0.641. The van der Waals surface area contributed by atoms with Crippen molar-refractivity contribution >= 4 is 5.97 Å². The van der Waals surface area contributed by atoms with Crippen molar-refractivity contribution in [1.82, 2.24) is 4.98 Å². The van der Waals surface area contributed by atoms with Crippen LogP contribution in [-0.2, 0) is 22.5 Å². The van der Waals surface area contributed by atoms with E-state index in [1.807, 2.05) is 0 Å². The average Bonchev–Trinajstić information content (AvgIpc) is 2.35. The van der Waals surface area contributed by atoms with E-state index in [9.17, 15) is 26.7 Å². The van der Waals surface area contributed by atoms with Gasteiger partial charge in [-0.25, -0.2) is 13.8 Å². The lowest BCUT2D eigenvalue weighted by atomic mass is 10.0. The molecule has 0 aliphatic carbocycles. The van der Waals surface area contributed by atoms with Gasteiger partial charge in [-0.3, -0.25) is 4.79 Å². The van der Waals surface area contributed by atoms with Gasteiger partial charge in [0.2, 0.25) is 5.88 Å². The number of esters is 1. The average molecular weight is 328 g/mol. The van der Waals surface area contributed by atoms with Gasteiger partial charge >= 0.3 is 12.3 Å². The molecule has 1 rings (SSSR count). The summed E-state index contributed by atoms with van der Waals surface area (Å²) in [5.74, 6) is -1.83. The van der Waals surface area contributed by atoms with Gasteiger partial charge in [-0.15, -0.1) is 13.2 Å². The van der Waals surface area contributed by atoms with Gasteiger partial charge in [0.05, 0.1) is 18.7 Å². The first-order valence-electron chi connectivity index (χ1n) is 6.10. The Labute approximate surface area is 122 Å². The first kappa shape index (κ1) is 18.1. The fraction of sp³-hybridized carbons (Fsp3) is 0.500. The molecule has 0 fully saturated rings. The predicted octanol–water partition coefficient (Wildman–Crippen LogP) is 2.48. The highest BCUT2D eigenvalue weighted by molar-refractivity contribution is 5.73. The molecule has 22 heavy (non-hydrogen) atoms. The molecule has 0 saturated heterocycles. The summed E-state index contributed by atoms with van der Waals surface area (Å²) in [6.07, 6.45) is -8.75. The lowest BCUT2D eigenvalue weighted by Gasteiger charge is -2.15. The van der Waals surface area contributed by atoms with Crippen molar-refractivity contribution in [2.45, 2.75) is 32.7 Å². The van der Waals surface area contributed by atoms with Crippen LogP contribution in [-0.4, -0.2) is 23.9 Å². The molecule has 1 aromatic rings. The van der Waals surface area contributed by atoms with Crippen LogP contribution in [0.4, 0.5) is 22.0 Å². The summed E-state index contributed by atoms with van der Waals surface area (Å²) in [7, 11) is 0. The fourth-order valence-corrected chi connectivity index (χ4v) is 1.74. The second-order valence-corrected chi connectivity index (χ2v) is 4.01. The first-order chi connectivity index (χ1) is 10.2. The van der Waals surface area contributed by atoms with Gasteiger partial charge in [-0.2, -0.15) is 0 Å². The minimum atomic E-state index is -5.05. The molecule has 2 N–H and O–H groups in total. The number of rotatable bonds is 6. The van der Waals surface area contributed by atoms with Crippen molar-refractivity contribution in [1.29, 1.82) is 0 Å². The van der Waals surface area contributed by atoms with Crippen molar-refractivity contribution < 1.29 is 36.2 Å². The summed E-state index contributed by atoms with van der Waals surface area (Å²) in [4.78, 5) is 14.7. The molecule has 0 aliphatic rings. The number of carbonyl (C=O) groups is 1. The van der Waals surface area contributed by atoms with Gasteiger partial charge in [0.15, 0.2) is 0 Å². The summed E-state index contributed by atoms with van der Waals surface area (Å²) in [6, 6.07) is 0.630. The fourth-order valence-electron chi connectivity index (χ4n) is 1.74. The number of pyridine rings is 1. The zero-order chi connectivity index (χ0) is 16.9. The molecule has 0 spiro atoms. The predicted molar refractivity (Wildman–Crippen MR) is 64.1 cm³/mol. The Balaban J connectivity index is 3.28. The summed E-state index contributed by atoms with van der Waals surface area (Å²) >= 11 is 0. The summed E-state index contributed by atoms with van der Waals surface area (Å²) in [5, 5.41) is 0. The molecule has 0 bridgehead atoms. The number of nitrogens with two attached hydrogens (primary N) is 1. The van der Waals surface area contributed by atoms with E-state index in [1.165, 1.54) is 6.92 Å². The van der Waals surface area contributed by atoms with Crippen molar-refractivity contribution in [2.75, 3.05) is 6.61 Å². The van der Waals surface area contributed by atoms with Crippen LogP contribution in [0.15, 0.2) is 6.07 Å². The number of aromatic nitrogens is 1. The third-order valence-electron chi connectivity index (χ3n) is 2.47. The molecule has 1 aromatic heterocycles. The molecule has 0 atom stereocenters. The molecule has 0 aromatic carbocycles. The van der Waals surface area contributed by atoms with Gasteiger partial charge < -0.3 is 15.2 Å². The van der Waals surface area contributed by atoms with Crippen LogP contribution >= 0.6 is 0 Å². The highest BCUT2D eigenvalue weighted by Gasteiger charge is 2.33. The smallest absolute Gasteiger partial charge is 0.466 e. The monoisotopic (exact) mass is 328 g/mol. The molecule has 124 valence electrons. The van der Waals surface area contributed by atoms with Crippen molar-refractivity contribution in [3.8, 4) is 5.88 Å². The number of hydrogen-bond acceptors (Lipinski definition) is 5. The summed E-state index contributed by atoms with van der Waals surface area (Å²) in [5.41, 5.74) is 3.69. The van der Waals surface area contributed by atoms with Crippen molar-refractivity contribution in [3.05, 3.63) is 22.9 Å². The minimum absolute atomic E-state index is 0.00355. The van der Waals surface area contributed by atoms with Crippen LogP contribution in [0.25, 0.3) is 0 Å². The maximum atomic E-state index is 13.1. The Kier molecular flexibility index (Phi) is 6.03. The summed E-state index contributed by atoms with van der Waals surface area (Å²) in [6.45, 7) is 0.968. The molecule has 0 aliphatic heterocycles. The van der Waals surface area contributed by atoms with Gasteiger partial charge in [0.1, 0.15) is 0 Å². The van der Waals surface area contributed by atoms with E-state index in [0.717, 1.165) is 0 Å². The van der Waals surface area contributed by atoms with Gasteiger partial charge in [0, 0.05) is 18.2 Å². The Morgan fingerprint density at radius 3 is 2.50 bits per heavy atom. The van der Waals surface area contributed by atoms with Gasteiger partial charge in [0.25, 0.3) is 6.43 Å². The second-order valence-electron chi connectivity index (χ2n) is 4.01. The molecule has 0 unspecified atom stereocenters. The largest absolute Gasteiger partial charge is 0.574 e. The zero-order valence-electron chi connectivity index (χ0n) is 11.4. The van der Waals surface area contributed by atoms with E-state index in [4.69, 9.17) is 5.73 Å². The lowest BCUT2D eigenvalue weighted by Crippen LogP contribution is -2.20. The van der Waals surface area contributed by atoms with Gasteiger partial charge in [-0.1, -0.05) is 0 Å². The topological polar surface area (TPSA) is 74.4 Å². The number of ether oxygens (including phenoxy) is 2. The van der Waals surface area contributed by atoms with Crippen molar-refractivity contribution in [3.63, 3.8) is 0 Å². The molecule has 5 nitrogen and oxygen atoms in total. The van der Waals surface area contributed by atoms with E-state index < -0.39 is 48.9 Å². The third-order valence-corrected chi connectivity index (χ3v) is 2.47. The number of alkyl halides is 5. The van der Waals surface area contributed by atoms with Crippen LogP contribution in [0, 0.1) is 0 Å². The van der Waals surface area contributed by atoms with E-state index >= 15 is 0 Å². The first-order valence-corrected chi connectivity index (χ1v) is 6.10. The highest BCUT2D eigenvalue weighted by atomic mass is 19.4. The van der Waals surface area contributed by atoms with Crippen LogP contribution < -0.4 is 10.5 Å². The minimum Gasteiger partial charge on any atom is -0.466 e. The highest BCUT2D eigenvalue weighted by Crippen LogP contribution is 2.31. The lowest BCUT2D eigenvalue weighted by molar-refractivity contribution is -0.276. The van der Waals surface area contributed by atoms with E-state index in [-0.39, 0.29) is 12.2 Å². The maximum Gasteiger partial charge on any atom is 0.574 e. The number of carbonyl (C=O) groups excluding carboxylic acids is 1. The SMILES string of the molecule is CCOC(=O)Cc1cc(OC(F)(F)F)nc(CN)c1C(F)F. The number of nitrogens with zero attached hydrogens (tertiary/aromatic N) is 1. The van der Waals surface area contributed by atoms with Crippen LogP contribution in [0.2, 0.25) is 0 Å². The molecule has 0 saturated carbocycles. The van der Waals surface area contributed by atoms with Crippen LogP contribution in [0.1, 0.15) is 30.2 Å². The molecule has 0 amide bonds. The standard InChI is InChI=1S/C12H13F5N2O3/c1-2-21-9(20)4-6-3-8(22-12(15,16)17)19-7(5-18)10(6)11(13)14/h3,11H,2,4-5,18H2,1H3. The Bertz CT molecular complexity index is 534. The maximum absolute atomic E-state index is 13.1. The third kappa shape index (κ3) is 5.10. The van der Waals surface area contributed by atoms with Crippen LogP contribution in [0.5, 0.6) is 5.88 Å². The zero-order valence-corrected chi connectivity index (χ0v) is 11.4. The van der Waals surface area contributed by atoms with E-state index in [0.29, 0.717) is 6.07 Å². The number of halogens is 5. The molecular weight excluding hydrogens is 315 g/mol. The van der Waals surface area contributed by atoms with Gasteiger partial charge in [-0.05, 0) is 12.5 Å². The molecule has 0 radical (unpaired) electrons. The van der Waals surface area contributed by atoms with Crippen molar-refractivity contribution in [2.24, 2.45) is 5.73 Å². The van der Waals surface area contributed by atoms with Crippen LogP contribution in [0.3, 0.4) is 0 Å². The molecule has 10 heteroatoms. The molecular formula is C12H13F5N2O3. The Morgan fingerprint density at radius 1 is 1.41 bits per heavy atom. The normalized spacial score (nSPS) is 11.6. The second kappa shape index (κ2) is 7.34. The van der Waals surface area contributed by atoms with E-state index in [2.05, 4.69) is 14.5 Å². The summed E-state index contributed by atoms with van der Waals surface area (Å²) < 4.78 is 71.0. The molecule has 1 heterocycles. The van der Waals surface area contributed by atoms with E-state index in [1.54, 1.807) is 0 Å². The number of hydrogen-bond donors (Lipinski definition) is 1. The Morgan fingerprint density at radius 2 is 2.05 bits per heavy atom. The Hall–Kier alpha value is -1.97.